The maximum atomic E-state index is 11.0. The minimum Gasteiger partial charge on any atom is -0.332 e. The van der Waals surface area contributed by atoms with Crippen molar-refractivity contribution in [1.29, 1.82) is 0 Å². The van der Waals surface area contributed by atoms with E-state index in [2.05, 4.69) is 16.7 Å². The Labute approximate surface area is 134 Å². The Kier molecular flexibility index (Phi) is 4.72. The van der Waals surface area contributed by atoms with E-state index in [1.165, 1.54) is 11.6 Å². The lowest BCUT2D eigenvalue weighted by Crippen LogP contribution is -2.19. The molecule has 2 aromatic carbocycles. The Balaban J connectivity index is 2.12. The zero-order valence-corrected chi connectivity index (χ0v) is 13.5. The fourth-order valence-corrected chi connectivity index (χ4v) is 2.35. The van der Waals surface area contributed by atoms with Gasteiger partial charge in [-0.3, -0.25) is 10.1 Å². The number of anilines is 2. The molecule has 2 N–H and O–H groups in total. The first-order chi connectivity index (χ1) is 10.4. The molecule has 0 aliphatic carbocycles. The average Bonchev–Trinajstić information content (AvgIpc) is 2.44. The Hall–Kier alpha value is -2.47. The normalized spacial score (nSPS) is 10.1. The lowest BCUT2D eigenvalue weighted by Gasteiger charge is -2.13. The highest BCUT2D eigenvalue weighted by Crippen LogP contribution is 2.23. The van der Waals surface area contributed by atoms with Crippen LogP contribution in [0.2, 0.25) is 0 Å². The number of aryl methyl sites for hydroxylation is 3. The maximum absolute atomic E-state index is 11.0. The van der Waals surface area contributed by atoms with E-state index in [9.17, 15) is 10.1 Å². The van der Waals surface area contributed by atoms with E-state index >= 15 is 0 Å². The van der Waals surface area contributed by atoms with Gasteiger partial charge < -0.3 is 10.6 Å². The highest BCUT2D eigenvalue weighted by Gasteiger charge is 2.11. The Bertz CT molecular complexity index is 744. The highest BCUT2D eigenvalue weighted by atomic mass is 32.1. The maximum Gasteiger partial charge on any atom is 0.274 e. The van der Waals surface area contributed by atoms with Crippen molar-refractivity contribution in [3.05, 3.63) is 63.2 Å². The molecule has 0 aliphatic heterocycles. The summed E-state index contributed by atoms with van der Waals surface area (Å²) in [5.41, 5.74) is 4.43. The minimum atomic E-state index is -0.402. The van der Waals surface area contributed by atoms with Crippen LogP contribution in [0, 0.1) is 30.9 Å². The van der Waals surface area contributed by atoms with Crippen molar-refractivity contribution in [2.75, 3.05) is 10.6 Å². The third-order valence-corrected chi connectivity index (χ3v) is 3.50. The van der Waals surface area contributed by atoms with Gasteiger partial charge in [0, 0.05) is 23.0 Å². The van der Waals surface area contributed by atoms with E-state index in [4.69, 9.17) is 12.2 Å². The summed E-state index contributed by atoms with van der Waals surface area (Å²) in [6, 6.07) is 10.9. The van der Waals surface area contributed by atoms with E-state index in [0.717, 1.165) is 11.3 Å². The van der Waals surface area contributed by atoms with Crippen LogP contribution in [0.25, 0.3) is 0 Å². The summed E-state index contributed by atoms with van der Waals surface area (Å²) in [6.45, 7) is 5.72. The smallest absolute Gasteiger partial charge is 0.274 e. The van der Waals surface area contributed by atoms with E-state index in [-0.39, 0.29) is 5.69 Å². The van der Waals surface area contributed by atoms with Gasteiger partial charge in [0.25, 0.3) is 5.69 Å². The molecular formula is C16H17N3O2S. The number of nitrogens with zero attached hydrogens (tertiary/aromatic N) is 1. The van der Waals surface area contributed by atoms with E-state index in [0.29, 0.717) is 16.4 Å². The number of nitro groups is 1. The predicted molar refractivity (Wildman–Crippen MR) is 93.6 cm³/mol. The fourth-order valence-electron chi connectivity index (χ4n) is 2.12. The van der Waals surface area contributed by atoms with Gasteiger partial charge in [-0.2, -0.15) is 0 Å². The van der Waals surface area contributed by atoms with Gasteiger partial charge in [0.2, 0.25) is 0 Å². The average molecular weight is 315 g/mol. The van der Waals surface area contributed by atoms with Crippen molar-refractivity contribution in [3.8, 4) is 0 Å². The van der Waals surface area contributed by atoms with Crippen LogP contribution in [0.1, 0.15) is 16.7 Å². The van der Waals surface area contributed by atoms with Crippen molar-refractivity contribution in [2.24, 2.45) is 0 Å². The Morgan fingerprint density at radius 1 is 1.05 bits per heavy atom. The molecule has 0 heterocycles. The molecule has 0 spiro atoms. The van der Waals surface area contributed by atoms with E-state index in [1.54, 1.807) is 19.1 Å². The molecule has 0 unspecified atom stereocenters. The Morgan fingerprint density at radius 3 is 2.41 bits per heavy atom. The van der Waals surface area contributed by atoms with Gasteiger partial charge in [0.1, 0.15) is 0 Å². The zero-order chi connectivity index (χ0) is 16.3. The summed E-state index contributed by atoms with van der Waals surface area (Å²) >= 11 is 5.26. The van der Waals surface area contributed by atoms with E-state index < -0.39 is 4.92 Å². The number of rotatable bonds is 3. The zero-order valence-electron chi connectivity index (χ0n) is 12.6. The van der Waals surface area contributed by atoms with Crippen molar-refractivity contribution < 1.29 is 4.92 Å². The molecule has 0 saturated carbocycles. The first kappa shape index (κ1) is 15.9. The molecule has 2 rings (SSSR count). The number of hydrogen-bond acceptors (Lipinski definition) is 3. The predicted octanol–water partition coefficient (Wildman–Crippen LogP) is 4.33. The second kappa shape index (κ2) is 6.53. The fraction of sp³-hybridized carbons (Fsp3) is 0.188. The summed E-state index contributed by atoms with van der Waals surface area (Å²) < 4.78 is 0. The van der Waals surface area contributed by atoms with Crippen LogP contribution in [0.4, 0.5) is 17.1 Å². The van der Waals surface area contributed by atoms with Crippen molar-refractivity contribution in [2.45, 2.75) is 20.8 Å². The topological polar surface area (TPSA) is 67.2 Å². The molecule has 2 aromatic rings. The standard InChI is InChI=1S/C16H17N3O2S/c1-10-4-7-14(12(3)8-10)18-16(22)17-13-6-5-11(2)15(9-13)19(20)21/h4-9H,1-3H3,(H2,17,18,22). The first-order valence-electron chi connectivity index (χ1n) is 6.77. The largest absolute Gasteiger partial charge is 0.332 e. The number of nitro benzene ring substituents is 1. The summed E-state index contributed by atoms with van der Waals surface area (Å²) in [7, 11) is 0. The summed E-state index contributed by atoms with van der Waals surface area (Å²) in [5, 5.41) is 17.4. The molecule has 0 radical (unpaired) electrons. The van der Waals surface area contributed by atoms with Gasteiger partial charge in [-0.25, -0.2) is 0 Å². The minimum absolute atomic E-state index is 0.0688. The summed E-state index contributed by atoms with van der Waals surface area (Å²) in [6.07, 6.45) is 0. The third-order valence-electron chi connectivity index (χ3n) is 3.29. The highest BCUT2D eigenvalue weighted by molar-refractivity contribution is 7.80. The molecular weight excluding hydrogens is 298 g/mol. The van der Waals surface area contributed by atoms with Gasteiger partial charge in [0.05, 0.1) is 4.92 Å². The molecule has 22 heavy (non-hydrogen) atoms. The second-order valence-electron chi connectivity index (χ2n) is 5.16. The van der Waals surface area contributed by atoms with Gasteiger partial charge in [-0.05, 0) is 50.7 Å². The number of benzene rings is 2. The number of thiocarbonyl (C=S) groups is 1. The molecule has 114 valence electrons. The molecule has 0 saturated heterocycles. The van der Waals surface area contributed by atoms with E-state index in [1.807, 2.05) is 26.0 Å². The molecule has 0 aromatic heterocycles. The first-order valence-corrected chi connectivity index (χ1v) is 7.18. The van der Waals surface area contributed by atoms with Gasteiger partial charge in [0.15, 0.2) is 5.11 Å². The van der Waals surface area contributed by atoms with Crippen LogP contribution in [-0.2, 0) is 0 Å². The van der Waals surface area contributed by atoms with Gasteiger partial charge in [-0.15, -0.1) is 0 Å². The lowest BCUT2D eigenvalue weighted by atomic mass is 10.1. The van der Waals surface area contributed by atoms with Crippen molar-refractivity contribution >= 4 is 34.4 Å². The van der Waals surface area contributed by atoms with Crippen molar-refractivity contribution in [3.63, 3.8) is 0 Å². The summed E-state index contributed by atoms with van der Waals surface area (Å²) in [4.78, 5) is 10.6. The Morgan fingerprint density at radius 2 is 1.77 bits per heavy atom. The molecule has 6 heteroatoms. The van der Waals surface area contributed by atoms with Crippen LogP contribution in [0.5, 0.6) is 0 Å². The van der Waals surface area contributed by atoms with Gasteiger partial charge >= 0.3 is 0 Å². The summed E-state index contributed by atoms with van der Waals surface area (Å²) in [5.74, 6) is 0. The van der Waals surface area contributed by atoms with Gasteiger partial charge in [-0.1, -0.05) is 23.8 Å². The lowest BCUT2D eigenvalue weighted by molar-refractivity contribution is -0.385. The SMILES string of the molecule is Cc1ccc(NC(=S)Nc2ccc(C)c([N+](=O)[O-])c2)c(C)c1. The monoisotopic (exact) mass is 315 g/mol. The van der Waals surface area contributed by atoms with Crippen LogP contribution in [-0.4, -0.2) is 10.0 Å². The molecule has 0 atom stereocenters. The molecule has 0 amide bonds. The molecule has 0 fully saturated rings. The second-order valence-corrected chi connectivity index (χ2v) is 5.56. The van der Waals surface area contributed by atoms with Crippen LogP contribution in [0.3, 0.4) is 0 Å². The van der Waals surface area contributed by atoms with Crippen LogP contribution >= 0.6 is 12.2 Å². The number of hydrogen-bond donors (Lipinski definition) is 2. The van der Waals surface area contributed by atoms with Crippen LogP contribution in [0.15, 0.2) is 36.4 Å². The quantitative estimate of drug-likeness (QED) is 0.501. The molecule has 0 bridgehead atoms. The van der Waals surface area contributed by atoms with Crippen molar-refractivity contribution in [1.82, 2.24) is 0 Å². The molecule has 0 aliphatic rings. The number of nitrogens with one attached hydrogen (secondary N) is 2. The van der Waals surface area contributed by atoms with Crippen LogP contribution < -0.4 is 10.6 Å². The third kappa shape index (κ3) is 3.79. The molecule has 5 nitrogen and oxygen atoms in total.